The normalized spacial score (nSPS) is 47.1. The topological polar surface area (TPSA) is 46.3 Å². The molecule has 3 nitrogen and oxygen atoms in total. The Labute approximate surface area is 119 Å². The van der Waals surface area contributed by atoms with Gasteiger partial charge in [0, 0.05) is 12.5 Å². The number of nitrogens with zero attached hydrogens (tertiary/aromatic N) is 1. The second-order valence-electron chi connectivity index (χ2n) is 6.96. The van der Waals surface area contributed by atoms with Crippen LogP contribution in [0.2, 0.25) is 0 Å². The molecule has 2 N–H and O–H groups in total. The molecule has 1 aliphatic heterocycles. The van der Waals surface area contributed by atoms with Gasteiger partial charge < -0.3 is 10.6 Å². The number of piperidine rings is 1. The number of carbonyl (C=O) groups is 1. The lowest BCUT2D eigenvalue weighted by Gasteiger charge is -2.35. The molecule has 2 bridgehead atoms. The molecular weight excluding hydrogens is 256 g/mol. The first-order valence-corrected chi connectivity index (χ1v) is 8.19. The number of rotatable bonds is 2. The summed E-state index contributed by atoms with van der Waals surface area (Å²) in [7, 11) is 0. The molecule has 3 saturated carbocycles. The van der Waals surface area contributed by atoms with Crippen molar-refractivity contribution in [1.82, 2.24) is 4.90 Å². The van der Waals surface area contributed by atoms with Crippen molar-refractivity contribution in [3.05, 3.63) is 0 Å². The Morgan fingerprint density at radius 2 is 1.79 bits per heavy atom. The first-order valence-electron chi connectivity index (χ1n) is 7.78. The Kier molecular flexibility index (Phi) is 2.66. The van der Waals surface area contributed by atoms with Gasteiger partial charge in [0.05, 0.1) is 11.0 Å². The van der Waals surface area contributed by atoms with Crippen LogP contribution in [0, 0.1) is 29.6 Å². The molecular formula is C15H22N2OS. The standard InChI is InChI=1S/C15H22N2OS/c16-14(19)10-3-1-2-6-17(10)15(18)13-11-8-4-5-9(7-8)12(11)13/h8-13H,1-7H2,(H2,16,19). The predicted octanol–water partition coefficient (Wildman–Crippen LogP) is 1.95. The van der Waals surface area contributed by atoms with Gasteiger partial charge in [0.25, 0.3) is 0 Å². The van der Waals surface area contributed by atoms with E-state index >= 15 is 0 Å². The average molecular weight is 278 g/mol. The van der Waals surface area contributed by atoms with E-state index in [1.54, 1.807) is 0 Å². The summed E-state index contributed by atoms with van der Waals surface area (Å²) in [4.78, 5) is 15.4. The molecule has 19 heavy (non-hydrogen) atoms. The smallest absolute Gasteiger partial charge is 0.226 e. The van der Waals surface area contributed by atoms with Crippen molar-refractivity contribution in [2.45, 2.75) is 44.6 Å². The van der Waals surface area contributed by atoms with Crippen molar-refractivity contribution in [3.8, 4) is 0 Å². The molecule has 1 saturated heterocycles. The lowest BCUT2D eigenvalue weighted by Crippen LogP contribution is -2.50. The second kappa shape index (κ2) is 4.18. The largest absolute Gasteiger partial charge is 0.392 e. The van der Waals surface area contributed by atoms with Crippen LogP contribution < -0.4 is 5.73 Å². The Morgan fingerprint density at radius 3 is 2.42 bits per heavy atom. The summed E-state index contributed by atoms with van der Waals surface area (Å²) in [6.45, 7) is 0.867. The van der Waals surface area contributed by atoms with Crippen LogP contribution in [-0.4, -0.2) is 28.4 Å². The molecule has 4 heteroatoms. The molecule has 0 aromatic rings. The van der Waals surface area contributed by atoms with Gasteiger partial charge in [-0.2, -0.15) is 0 Å². The molecule has 0 aromatic heterocycles. The number of thiocarbonyl (C=S) groups is 1. The van der Waals surface area contributed by atoms with Gasteiger partial charge >= 0.3 is 0 Å². The summed E-state index contributed by atoms with van der Waals surface area (Å²) >= 11 is 5.16. The van der Waals surface area contributed by atoms with E-state index in [9.17, 15) is 4.79 Å². The summed E-state index contributed by atoms with van der Waals surface area (Å²) in [5.74, 6) is 3.87. The molecule has 4 rings (SSSR count). The van der Waals surface area contributed by atoms with Gasteiger partial charge in [0.15, 0.2) is 0 Å². The van der Waals surface area contributed by atoms with Crippen LogP contribution in [0.15, 0.2) is 0 Å². The van der Waals surface area contributed by atoms with Crippen molar-refractivity contribution in [2.75, 3.05) is 6.54 Å². The van der Waals surface area contributed by atoms with E-state index in [1.807, 2.05) is 4.90 Å². The molecule has 104 valence electrons. The van der Waals surface area contributed by atoms with Crippen LogP contribution >= 0.6 is 12.2 Å². The molecule has 4 fully saturated rings. The van der Waals surface area contributed by atoms with Crippen LogP contribution in [0.1, 0.15) is 38.5 Å². The van der Waals surface area contributed by atoms with Gasteiger partial charge in [-0.1, -0.05) is 12.2 Å². The molecule has 1 heterocycles. The van der Waals surface area contributed by atoms with Crippen LogP contribution in [0.3, 0.4) is 0 Å². The fourth-order valence-electron chi connectivity index (χ4n) is 5.34. The number of hydrogen-bond donors (Lipinski definition) is 1. The summed E-state index contributed by atoms with van der Waals surface area (Å²) in [5, 5.41) is 0. The zero-order valence-corrected chi connectivity index (χ0v) is 12.1. The minimum atomic E-state index is 0.0372. The highest BCUT2D eigenvalue weighted by atomic mass is 32.1. The average Bonchev–Trinajstić information content (AvgIpc) is 2.85. The highest BCUT2D eigenvalue weighted by Crippen LogP contribution is 2.69. The highest BCUT2D eigenvalue weighted by molar-refractivity contribution is 7.80. The predicted molar refractivity (Wildman–Crippen MR) is 77.4 cm³/mol. The lowest BCUT2D eigenvalue weighted by molar-refractivity contribution is -0.135. The number of hydrogen-bond acceptors (Lipinski definition) is 2. The Morgan fingerprint density at radius 1 is 1.11 bits per heavy atom. The second-order valence-corrected chi connectivity index (χ2v) is 7.43. The van der Waals surface area contributed by atoms with E-state index in [0.29, 0.717) is 16.8 Å². The minimum absolute atomic E-state index is 0.0372. The first-order chi connectivity index (χ1) is 9.18. The third kappa shape index (κ3) is 1.68. The Balaban J connectivity index is 1.50. The summed E-state index contributed by atoms with van der Waals surface area (Å²) in [6, 6.07) is 0.0372. The van der Waals surface area contributed by atoms with Crippen molar-refractivity contribution in [3.63, 3.8) is 0 Å². The SMILES string of the molecule is NC(=S)C1CCCCN1C(=O)C1C2C3CCC(C3)C12. The zero-order chi connectivity index (χ0) is 13.1. The van der Waals surface area contributed by atoms with E-state index in [1.165, 1.54) is 19.3 Å². The third-order valence-corrected chi connectivity index (χ3v) is 6.41. The fraction of sp³-hybridized carbons (Fsp3) is 0.867. The maximum absolute atomic E-state index is 12.8. The quantitative estimate of drug-likeness (QED) is 0.785. The van der Waals surface area contributed by atoms with Gasteiger partial charge in [-0.05, 0) is 62.2 Å². The Hall–Kier alpha value is -0.640. The first kappa shape index (κ1) is 12.1. The summed E-state index contributed by atoms with van der Waals surface area (Å²) in [5.41, 5.74) is 5.84. The van der Waals surface area contributed by atoms with Gasteiger partial charge in [0.1, 0.15) is 0 Å². The number of likely N-dealkylation sites (tertiary alicyclic amines) is 1. The molecule has 0 aromatic carbocycles. The maximum atomic E-state index is 12.8. The molecule has 3 aliphatic carbocycles. The van der Waals surface area contributed by atoms with Gasteiger partial charge in [-0.25, -0.2) is 0 Å². The number of nitrogens with two attached hydrogens (primary N) is 1. The van der Waals surface area contributed by atoms with Crippen molar-refractivity contribution in [1.29, 1.82) is 0 Å². The number of amides is 1. The van der Waals surface area contributed by atoms with E-state index in [0.717, 1.165) is 49.5 Å². The van der Waals surface area contributed by atoms with Gasteiger partial charge in [0.2, 0.25) is 5.91 Å². The van der Waals surface area contributed by atoms with Crippen LogP contribution in [0.4, 0.5) is 0 Å². The molecule has 5 atom stereocenters. The third-order valence-electron chi connectivity index (χ3n) is 6.13. The van der Waals surface area contributed by atoms with Crippen LogP contribution in [0.5, 0.6) is 0 Å². The Bertz CT molecular complexity index is 422. The van der Waals surface area contributed by atoms with Crippen molar-refractivity contribution >= 4 is 23.1 Å². The number of carbonyl (C=O) groups excluding carboxylic acids is 1. The summed E-state index contributed by atoms with van der Waals surface area (Å²) < 4.78 is 0. The van der Waals surface area contributed by atoms with Crippen LogP contribution in [-0.2, 0) is 4.79 Å². The van der Waals surface area contributed by atoms with E-state index < -0.39 is 0 Å². The van der Waals surface area contributed by atoms with Crippen LogP contribution in [0.25, 0.3) is 0 Å². The molecule has 4 aliphatic rings. The molecule has 5 unspecified atom stereocenters. The van der Waals surface area contributed by atoms with E-state index in [4.69, 9.17) is 18.0 Å². The van der Waals surface area contributed by atoms with E-state index in [-0.39, 0.29) is 6.04 Å². The molecule has 0 spiro atoms. The minimum Gasteiger partial charge on any atom is -0.392 e. The van der Waals surface area contributed by atoms with Gasteiger partial charge in [-0.15, -0.1) is 0 Å². The maximum Gasteiger partial charge on any atom is 0.226 e. The monoisotopic (exact) mass is 278 g/mol. The van der Waals surface area contributed by atoms with E-state index in [2.05, 4.69) is 0 Å². The van der Waals surface area contributed by atoms with Crippen molar-refractivity contribution < 1.29 is 4.79 Å². The van der Waals surface area contributed by atoms with Gasteiger partial charge in [-0.3, -0.25) is 4.79 Å². The molecule has 0 radical (unpaired) electrons. The highest BCUT2D eigenvalue weighted by Gasteiger charge is 2.68. The molecule has 1 amide bonds. The number of fused-ring (bicyclic) bond motifs is 5. The van der Waals surface area contributed by atoms with Crippen molar-refractivity contribution in [2.24, 2.45) is 35.3 Å². The summed E-state index contributed by atoms with van der Waals surface area (Å²) in [6.07, 6.45) is 7.37. The zero-order valence-electron chi connectivity index (χ0n) is 11.3. The fourth-order valence-corrected chi connectivity index (χ4v) is 5.58. The lowest BCUT2D eigenvalue weighted by atomic mass is 9.98.